The third-order valence-electron chi connectivity index (χ3n) is 2.86. The van der Waals surface area contributed by atoms with Crippen LogP contribution in [0.1, 0.15) is 18.1 Å². The molecule has 0 fully saturated rings. The minimum Gasteiger partial charge on any atom is -0.457 e. The lowest BCUT2D eigenvalue weighted by molar-refractivity contribution is 0.0857. The summed E-state index contributed by atoms with van der Waals surface area (Å²) in [5, 5.41) is 3.89. The van der Waals surface area contributed by atoms with Crippen molar-refractivity contribution in [2.75, 3.05) is 0 Å². The number of hydrogen-bond donors (Lipinski definition) is 0. The van der Waals surface area contributed by atoms with Crippen molar-refractivity contribution in [2.45, 2.75) is 12.5 Å². The lowest BCUT2D eigenvalue weighted by atomic mass is 10.1. The maximum atomic E-state index is 5.74. The van der Waals surface area contributed by atoms with Gasteiger partial charge in [-0.3, -0.25) is 0 Å². The van der Waals surface area contributed by atoms with Gasteiger partial charge in [-0.05, 0) is 45.8 Å². The van der Waals surface area contributed by atoms with E-state index in [1.807, 2.05) is 54.6 Å². The van der Waals surface area contributed by atoms with Gasteiger partial charge < -0.3 is 9.57 Å². The second kappa shape index (κ2) is 5.45. The van der Waals surface area contributed by atoms with Crippen LogP contribution in [-0.2, 0) is 4.84 Å². The Morgan fingerprint density at radius 3 is 2.32 bits per heavy atom. The first-order chi connectivity index (χ1) is 9.31. The molecule has 0 spiro atoms. The van der Waals surface area contributed by atoms with E-state index in [0.717, 1.165) is 28.1 Å². The molecule has 0 N–H and O–H groups in total. The smallest absolute Gasteiger partial charge is 0.158 e. The van der Waals surface area contributed by atoms with E-state index in [2.05, 4.69) is 21.1 Å². The van der Waals surface area contributed by atoms with E-state index in [4.69, 9.17) is 9.57 Å². The SMILES string of the molecule is BrC1=NO[C@@H](c2ccc(Oc3ccccc3)cc2)C1. The lowest BCUT2D eigenvalue weighted by Crippen LogP contribution is -1.96. The Labute approximate surface area is 120 Å². The van der Waals surface area contributed by atoms with E-state index in [1.54, 1.807) is 0 Å². The minimum atomic E-state index is 0.000139. The van der Waals surface area contributed by atoms with Gasteiger partial charge in [0.05, 0.1) is 0 Å². The van der Waals surface area contributed by atoms with Gasteiger partial charge in [0.25, 0.3) is 0 Å². The molecule has 0 bridgehead atoms. The van der Waals surface area contributed by atoms with Crippen molar-refractivity contribution in [1.82, 2.24) is 0 Å². The van der Waals surface area contributed by atoms with Crippen LogP contribution < -0.4 is 4.74 Å². The van der Waals surface area contributed by atoms with E-state index in [9.17, 15) is 0 Å². The first kappa shape index (κ1) is 12.2. The van der Waals surface area contributed by atoms with Crippen molar-refractivity contribution in [1.29, 1.82) is 0 Å². The molecular weight excluding hydrogens is 306 g/mol. The average molecular weight is 318 g/mol. The molecule has 0 radical (unpaired) electrons. The lowest BCUT2D eigenvalue weighted by Gasteiger charge is -2.10. The number of benzene rings is 2. The zero-order valence-corrected chi connectivity index (χ0v) is 11.7. The fourth-order valence-corrected chi connectivity index (χ4v) is 2.28. The van der Waals surface area contributed by atoms with Crippen LogP contribution in [0.4, 0.5) is 0 Å². The normalized spacial score (nSPS) is 17.7. The van der Waals surface area contributed by atoms with Crippen molar-refractivity contribution in [3.63, 3.8) is 0 Å². The third-order valence-corrected chi connectivity index (χ3v) is 3.33. The summed E-state index contributed by atoms with van der Waals surface area (Å²) >= 11 is 3.33. The van der Waals surface area contributed by atoms with E-state index >= 15 is 0 Å². The molecule has 4 heteroatoms. The van der Waals surface area contributed by atoms with E-state index in [0.29, 0.717) is 0 Å². The van der Waals surface area contributed by atoms with Crippen molar-refractivity contribution in [2.24, 2.45) is 5.16 Å². The number of oxime groups is 1. The molecule has 0 aromatic heterocycles. The second-order valence-corrected chi connectivity index (χ2v) is 5.17. The first-order valence-corrected chi connectivity index (χ1v) is 6.81. The van der Waals surface area contributed by atoms with Crippen molar-refractivity contribution < 1.29 is 9.57 Å². The molecule has 0 saturated heterocycles. The molecule has 96 valence electrons. The zero-order valence-electron chi connectivity index (χ0n) is 10.1. The monoisotopic (exact) mass is 317 g/mol. The van der Waals surface area contributed by atoms with Gasteiger partial charge >= 0.3 is 0 Å². The molecule has 2 aromatic carbocycles. The Bertz CT molecular complexity index is 581. The van der Waals surface area contributed by atoms with Crippen LogP contribution in [-0.4, -0.2) is 4.62 Å². The first-order valence-electron chi connectivity index (χ1n) is 6.02. The Morgan fingerprint density at radius 2 is 1.68 bits per heavy atom. The second-order valence-electron chi connectivity index (χ2n) is 4.25. The summed E-state index contributed by atoms with van der Waals surface area (Å²) in [4.78, 5) is 5.31. The summed E-state index contributed by atoms with van der Waals surface area (Å²) in [6.45, 7) is 0. The van der Waals surface area contributed by atoms with Crippen LogP contribution in [0.15, 0.2) is 59.8 Å². The fraction of sp³-hybridized carbons (Fsp3) is 0.133. The minimum absolute atomic E-state index is 0.000139. The van der Waals surface area contributed by atoms with Gasteiger partial charge in [0, 0.05) is 6.42 Å². The Kier molecular flexibility index (Phi) is 3.51. The highest BCUT2D eigenvalue weighted by molar-refractivity contribution is 9.18. The third kappa shape index (κ3) is 2.96. The van der Waals surface area contributed by atoms with Gasteiger partial charge in [-0.15, -0.1) is 0 Å². The zero-order chi connectivity index (χ0) is 13.1. The van der Waals surface area contributed by atoms with Crippen LogP contribution in [0.3, 0.4) is 0 Å². The highest BCUT2D eigenvalue weighted by Crippen LogP contribution is 2.30. The number of para-hydroxylation sites is 1. The molecule has 1 aliphatic heterocycles. The molecule has 0 aliphatic carbocycles. The number of rotatable bonds is 3. The average Bonchev–Trinajstić information content (AvgIpc) is 2.87. The maximum absolute atomic E-state index is 5.74. The van der Waals surface area contributed by atoms with Crippen LogP contribution in [0.5, 0.6) is 11.5 Å². The Morgan fingerprint density at radius 1 is 1.00 bits per heavy atom. The highest BCUT2D eigenvalue weighted by atomic mass is 79.9. The van der Waals surface area contributed by atoms with E-state index in [1.165, 1.54) is 0 Å². The van der Waals surface area contributed by atoms with Gasteiger partial charge in [0.15, 0.2) is 6.10 Å². The van der Waals surface area contributed by atoms with Gasteiger partial charge in [0.1, 0.15) is 16.1 Å². The summed E-state index contributed by atoms with van der Waals surface area (Å²) in [7, 11) is 0. The molecule has 2 aromatic rings. The summed E-state index contributed by atoms with van der Waals surface area (Å²) < 4.78 is 6.59. The Hall–Kier alpha value is -1.81. The fourth-order valence-electron chi connectivity index (χ4n) is 1.90. The molecule has 3 nitrogen and oxygen atoms in total. The van der Waals surface area contributed by atoms with Crippen LogP contribution in [0, 0.1) is 0 Å². The van der Waals surface area contributed by atoms with Gasteiger partial charge in [-0.1, -0.05) is 35.5 Å². The molecule has 0 unspecified atom stereocenters. The molecule has 0 amide bonds. The van der Waals surface area contributed by atoms with Crippen molar-refractivity contribution in [3.8, 4) is 11.5 Å². The molecule has 3 rings (SSSR count). The summed E-state index contributed by atoms with van der Waals surface area (Å²) in [5.74, 6) is 1.64. The number of halogens is 1. The molecule has 1 atom stereocenters. The molecular formula is C15H12BrNO2. The van der Waals surface area contributed by atoms with Gasteiger partial charge in [-0.25, -0.2) is 0 Å². The van der Waals surface area contributed by atoms with Crippen molar-refractivity contribution >= 4 is 20.6 Å². The molecule has 0 saturated carbocycles. The standard InChI is InChI=1S/C15H12BrNO2/c16-15-10-14(19-17-15)11-6-8-13(9-7-11)18-12-4-2-1-3-5-12/h1-9,14H,10H2/t14-/m1/s1. The van der Waals surface area contributed by atoms with Gasteiger partial charge in [-0.2, -0.15) is 0 Å². The van der Waals surface area contributed by atoms with Crippen LogP contribution >= 0.6 is 15.9 Å². The summed E-state index contributed by atoms with van der Waals surface area (Å²) in [6, 6.07) is 17.6. The van der Waals surface area contributed by atoms with Crippen LogP contribution in [0.25, 0.3) is 0 Å². The maximum Gasteiger partial charge on any atom is 0.158 e. The highest BCUT2D eigenvalue weighted by Gasteiger charge is 2.20. The summed E-state index contributed by atoms with van der Waals surface area (Å²) in [5.41, 5.74) is 1.10. The number of nitrogens with zero attached hydrogens (tertiary/aromatic N) is 1. The molecule has 1 aliphatic rings. The largest absolute Gasteiger partial charge is 0.457 e. The summed E-state index contributed by atoms with van der Waals surface area (Å²) in [6.07, 6.45) is 0.777. The van der Waals surface area contributed by atoms with Gasteiger partial charge in [0.2, 0.25) is 0 Å². The van der Waals surface area contributed by atoms with Crippen LogP contribution in [0.2, 0.25) is 0 Å². The number of hydrogen-bond acceptors (Lipinski definition) is 3. The Balaban J connectivity index is 1.69. The quantitative estimate of drug-likeness (QED) is 0.825. The van der Waals surface area contributed by atoms with E-state index < -0.39 is 0 Å². The number of ether oxygens (including phenoxy) is 1. The topological polar surface area (TPSA) is 30.8 Å². The van der Waals surface area contributed by atoms with E-state index in [-0.39, 0.29) is 6.10 Å². The predicted molar refractivity (Wildman–Crippen MR) is 77.8 cm³/mol. The van der Waals surface area contributed by atoms with Crippen molar-refractivity contribution in [3.05, 3.63) is 60.2 Å². The molecule has 19 heavy (non-hydrogen) atoms. The molecule has 1 heterocycles. The predicted octanol–water partition coefficient (Wildman–Crippen LogP) is 4.65.